The Morgan fingerprint density at radius 3 is 2.50 bits per heavy atom. The molecule has 20 heavy (non-hydrogen) atoms. The van der Waals surface area contributed by atoms with E-state index in [1.54, 1.807) is 6.07 Å². The van der Waals surface area contributed by atoms with Crippen LogP contribution in [0.25, 0.3) is 0 Å². The maximum absolute atomic E-state index is 12.9. The van der Waals surface area contributed by atoms with Gasteiger partial charge in [-0.3, -0.25) is 4.90 Å². The molecule has 2 nitrogen and oxygen atoms in total. The molecule has 0 aromatic heterocycles. The fourth-order valence-electron chi connectivity index (χ4n) is 2.49. The van der Waals surface area contributed by atoms with Gasteiger partial charge in [-0.1, -0.05) is 28.1 Å². The van der Waals surface area contributed by atoms with Gasteiger partial charge in [0.1, 0.15) is 0 Å². The minimum atomic E-state index is -4.16. The first-order chi connectivity index (χ1) is 9.37. The molecule has 0 bridgehead atoms. The number of piperazine rings is 1. The van der Waals surface area contributed by atoms with Gasteiger partial charge in [-0.25, -0.2) is 0 Å². The largest absolute Gasteiger partial charge is 0.390 e. The van der Waals surface area contributed by atoms with E-state index in [4.69, 9.17) is 0 Å². The highest BCUT2D eigenvalue weighted by Crippen LogP contribution is 2.35. The molecule has 1 N–H and O–H groups in total. The Labute approximate surface area is 125 Å². The van der Waals surface area contributed by atoms with Crippen molar-refractivity contribution in [1.29, 1.82) is 0 Å². The molecule has 112 valence electrons. The molecule has 0 spiro atoms. The van der Waals surface area contributed by atoms with E-state index in [-0.39, 0.29) is 0 Å². The topological polar surface area (TPSA) is 15.3 Å². The van der Waals surface area contributed by atoms with E-state index in [2.05, 4.69) is 21.2 Å². The van der Waals surface area contributed by atoms with E-state index in [0.717, 1.165) is 28.7 Å². The number of rotatable bonds is 3. The minimum Gasteiger partial charge on any atom is -0.314 e. The summed E-state index contributed by atoms with van der Waals surface area (Å²) in [6, 6.07) is 4.88. The van der Waals surface area contributed by atoms with Crippen LogP contribution in [-0.2, 0) is 0 Å². The van der Waals surface area contributed by atoms with Gasteiger partial charge < -0.3 is 5.32 Å². The van der Waals surface area contributed by atoms with Gasteiger partial charge in [0.05, 0.1) is 6.42 Å². The summed E-state index contributed by atoms with van der Waals surface area (Å²) in [6.07, 6.45) is -4.96. The predicted octanol–water partition coefficient (Wildman–Crippen LogP) is 3.66. The van der Waals surface area contributed by atoms with Gasteiger partial charge in [0.25, 0.3) is 0 Å². The van der Waals surface area contributed by atoms with Crippen molar-refractivity contribution in [2.24, 2.45) is 0 Å². The molecule has 1 aliphatic rings. The lowest BCUT2D eigenvalue weighted by Crippen LogP contribution is -2.46. The summed E-state index contributed by atoms with van der Waals surface area (Å²) in [6.45, 7) is 4.69. The average Bonchev–Trinajstić information content (AvgIpc) is 2.39. The Morgan fingerprint density at radius 2 is 1.95 bits per heavy atom. The van der Waals surface area contributed by atoms with Crippen LogP contribution in [0, 0.1) is 6.92 Å². The molecule has 0 unspecified atom stereocenters. The molecule has 0 amide bonds. The molecule has 6 heteroatoms. The fourth-order valence-corrected chi connectivity index (χ4v) is 2.88. The molecule has 1 fully saturated rings. The Kier molecular flexibility index (Phi) is 5.09. The second kappa shape index (κ2) is 6.45. The summed E-state index contributed by atoms with van der Waals surface area (Å²) in [5, 5.41) is 3.17. The molecule has 2 rings (SSSR count). The first kappa shape index (κ1) is 15.8. The van der Waals surface area contributed by atoms with Crippen LogP contribution in [0.4, 0.5) is 13.2 Å². The molecule has 1 heterocycles. The number of hydrogen-bond acceptors (Lipinski definition) is 2. The van der Waals surface area contributed by atoms with E-state index >= 15 is 0 Å². The van der Waals surface area contributed by atoms with E-state index in [1.165, 1.54) is 0 Å². The van der Waals surface area contributed by atoms with E-state index in [1.807, 2.05) is 24.0 Å². The molecule has 1 saturated heterocycles. The van der Waals surface area contributed by atoms with Gasteiger partial charge in [0, 0.05) is 36.7 Å². The lowest BCUT2D eigenvalue weighted by Gasteiger charge is -2.35. The van der Waals surface area contributed by atoms with Gasteiger partial charge >= 0.3 is 6.18 Å². The van der Waals surface area contributed by atoms with E-state index < -0.39 is 18.6 Å². The van der Waals surface area contributed by atoms with Gasteiger partial charge in [-0.05, 0) is 24.1 Å². The summed E-state index contributed by atoms with van der Waals surface area (Å²) >= 11 is 3.41. The summed E-state index contributed by atoms with van der Waals surface area (Å²) in [7, 11) is 0. The zero-order valence-electron chi connectivity index (χ0n) is 11.3. The molecule has 1 aromatic carbocycles. The number of aryl methyl sites for hydroxylation is 1. The van der Waals surface area contributed by atoms with Crippen LogP contribution in [0.1, 0.15) is 23.6 Å². The zero-order chi connectivity index (χ0) is 14.8. The molecule has 0 aliphatic carbocycles. The number of benzene rings is 1. The highest BCUT2D eigenvalue weighted by atomic mass is 79.9. The minimum absolute atomic E-state index is 0.603. The number of halogens is 4. The first-order valence-corrected chi connectivity index (χ1v) is 7.44. The van der Waals surface area contributed by atoms with E-state index in [0.29, 0.717) is 13.1 Å². The number of nitrogens with zero attached hydrogens (tertiary/aromatic N) is 1. The summed E-state index contributed by atoms with van der Waals surface area (Å²) < 4.78 is 39.5. The number of alkyl halides is 3. The van der Waals surface area contributed by atoms with Crippen molar-refractivity contribution < 1.29 is 13.2 Å². The summed E-state index contributed by atoms with van der Waals surface area (Å²) in [5.41, 5.74) is 1.75. The standard InChI is InChI=1S/C14H18BrF3N2/c1-10-2-3-11(8-12(10)15)13(9-14(16,17)18)20-6-4-19-5-7-20/h2-3,8,13,19H,4-7,9H2,1H3/t13-/m0/s1. The highest BCUT2D eigenvalue weighted by molar-refractivity contribution is 9.10. The number of hydrogen-bond donors (Lipinski definition) is 1. The fraction of sp³-hybridized carbons (Fsp3) is 0.571. The Morgan fingerprint density at radius 1 is 1.30 bits per heavy atom. The third kappa shape index (κ3) is 4.20. The third-order valence-electron chi connectivity index (χ3n) is 3.60. The lowest BCUT2D eigenvalue weighted by molar-refractivity contribution is -0.148. The zero-order valence-corrected chi connectivity index (χ0v) is 12.9. The maximum Gasteiger partial charge on any atom is 0.390 e. The molecule has 0 radical (unpaired) electrons. The van der Waals surface area contributed by atoms with Crippen molar-refractivity contribution >= 4 is 15.9 Å². The van der Waals surface area contributed by atoms with Crippen LogP contribution in [0.15, 0.2) is 22.7 Å². The van der Waals surface area contributed by atoms with Crippen molar-refractivity contribution in [2.45, 2.75) is 25.6 Å². The van der Waals surface area contributed by atoms with Gasteiger partial charge in [0.15, 0.2) is 0 Å². The van der Waals surface area contributed by atoms with Crippen molar-refractivity contribution in [3.8, 4) is 0 Å². The molecular formula is C14H18BrF3N2. The van der Waals surface area contributed by atoms with Crippen LogP contribution in [-0.4, -0.2) is 37.3 Å². The van der Waals surface area contributed by atoms with Crippen molar-refractivity contribution in [3.05, 3.63) is 33.8 Å². The summed E-state index contributed by atoms with van der Waals surface area (Å²) in [5.74, 6) is 0. The van der Waals surface area contributed by atoms with Gasteiger partial charge in [0.2, 0.25) is 0 Å². The molecule has 1 aliphatic heterocycles. The Balaban J connectivity index is 2.26. The average molecular weight is 351 g/mol. The highest BCUT2D eigenvalue weighted by Gasteiger charge is 2.36. The van der Waals surface area contributed by atoms with Crippen LogP contribution >= 0.6 is 15.9 Å². The van der Waals surface area contributed by atoms with E-state index in [9.17, 15) is 13.2 Å². The van der Waals surface area contributed by atoms with Gasteiger partial charge in [-0.15, -0.1) is 0 Å². The molecule has 1 atom stereocenters. The monoisotopic (exact) mass is 350 g/mol. The lowest BCUT2D eigenvalue weighted by atomic mass is 9.99. The van der Waals surface area contributed by atoms with Gasteiger partial charge in [-0.2, -0.15) is 13.2 Å². The molecule has 1 aromatic rings. The van der Waals surface area contributed by atoms with Crippen LogP contribution < -0.4 is 5.32 Å². The van der Waals surface area contributed by atoms with Crippen molar-refractivity contribution in [2.75, 3.05) is 26.2 Å². The second-order valence-corrected chi connectivity index (χ2v) is 5.98. The smallest absolute Gasteiger partial charge is 0.314 e. The maximum atomic E-state index is 12.9. The molecular weight excluding hydrogens is 333 g/mol. The number of nitrogens with one attached hydrogen (secondary N) is 1. The first-order valence-electron chi connectivity index (χ1n) is 6.64. The predicted molar refractivity (Wildman–Crippen MR) is 76.7 cm³/mol. The van der Waals surface area contributed by atoms with Crippen LogP contribution in [0.3, 0.4) is 0 Å². The normalized spacial score (nSPS) is 19.1. The van der Waals surface area contributed by atoms with Crippen LogP contribution in [0.2, 0.25) is 0 Å². The third-order valence-corrected chi connectivity index (χ3v) is 4.45. The second-order valence-electron chi connectivity index (χ2n) is 5.13. The SMILES string of the molecule is Cc1ccc([C@H](CC(F)(F)F)N2CCNCC2)cc1Br. The Bertz CT molecular complexity index is 456. The van der Waals surface area contributed by atoms with Crippen molar-refractivity contribution in [1.82, 2.24) is 10.2 Å². The summed E-state index contributed by atoms with van der Waals surface area (Å²) in [4.78, 5) is 1.92. The van der Waals surface area contributed by atoms with Crippen molar-refractivity contribution in [3.63, 3.8) is 0 Å². The molecule has 0 saturated carbocycles. The quantitative estimate of drug-likeness (QED) is 0.894. The Hall–Kier alpha value is -0.590. The van der Waals surface area contributed by atoms with Crippen LogP contribution in [0.5, 0.6) is 0 Å².